The van der Waals surface area contributed by atoms with Crippen molar-refractivity contribution in [2.45, 2.75) is 13.8 Å². The number of benzene rings is 1. The van der Waals surface area contributed by atoms with Crippen molar-refractivity contribution >= 4 is 11.8 Å². The molecule has 23 heavy (non-hydrogen) atoms. The fraction of sp³-hybridized carbons (Fsp3) is 0.250. The van der Waals surface area contributed by atoms with Gasteiger partial charge < -0.3 is 10.6 Å². The first kappa shape index (κ1) is 16.4. The Labute approximate surface area is 133 Å². The van der Waals surface area contributed by atoms with Gasteiger partial charge in [-0.1, -0.05) is 6.07 Å². The summed E-state index contributed by atoms with van der Waals surface area (Å²) in [4.78, 5) is 34.6. The molecule has 2 aromatic rings. The van der Waals surface area contributed by atoms with Crippen LogP contribution in [0, 0.1) is 13.8 Å². The Morgan fingerprint density at radius 3 is 2.30 bits per heavy atom. The molecule has 0 aliphatic rings. The maximum atomic E-state index is 12.0. The van der Waals surface area contributed by atoms with Gasteiger partial charge in [0.25, 0.3) is 17.4 Å². The summed E-state index contributed by atoms with van der Waals surface area (Å²) in [6, 6.07) is 8.05. The minimum absolute atomic E-state index is 0.116. The standard InChI is InChI=1S/C16H18N4O3/c1-10-3-4-12(9-11(10)2)15(22)17-7-8-18-16(23)13-5-6-14(21)20-19-13/h3-6,9H,7-8H2,1-2H3,(H,17,22)(H,18,23)(H,20,21). The van der Waals surface area contributed by atoms with Gasteiger partial charge in [0, 0.05) is 24.7 Å². The van der Waals surface area contributed by atoms with Gasteiger partial charge in [-0.15, -0.1) is 0 Å². The van der Waals surface area contributed by atoms with Crippen LogP contribution >= 0.6 is 0 Å². The molecule has 0 fully saturated rings. The van der Waals surface area contributed by atoms with Gasteiger partial charge in [0.2, 0.25) is 0 Å². The Balaban J connectivity index is 1.79. The molecule has 7 nitrogen and oxygen atoms in total. The average Bonchev–Trinajstić information content (AvgIpc) is 2.54. The van der Waals surface area contributed by atoms with E-state index in [1.807, 2.05) is 26.0 Å². The van der Waals surface area contributed by atoms with E-state index in [1.54, 1.807) is 6.07 Å². The van der Waals surface area contributed by atoms with Crippen LogP contribution in [0.5, 0.6) is 0 Å². The topological polar surface area (TPSA) is 104 Å². The third-order valence-corrected chi connectivity index (χ3v) is 3.38. The zero-order chi connectivity index (χ0) is 16.8. The molecule has 0 aliphatic carbocycles. The van der Waals surface area contributed by atoms with E-state index in [4.69, 9.17) is 0 Å². The van der Waals surface area contributed by atoms with Crippen molar-refractivity contribution in [3.63, 3.8) is 0 Å². The predicted molar refractivity (Wildman–Crippen MR) is 85.4 cm³/mol. The highest BCUT2D eigenvalue weighted by atomic mass is 16.2. The minimum atomic E-state index is -0.415. The number of hydrogen-bond acceptors (Lipinski definition) is 4. The predicted octanol–water partition coefficient (Wildman–Crippen LogP) is 0.547. The first-order valence-electron chi connectivity index (χ1n) is 7.17. The van der Waals surface area contributed by atoms with Crippen molar-refractivity contribution in [2.75, 3.05) is 13.1 Å². The smallest absolute Gasteiger partial charge is 0.271 e. The molecule has 0 bridgehead atoms. The summed E-state index contributed by atoms with van der Waals surface area (Å²) in [6.45, 7) is 4.48. The molecule has 0 saturated heterocycles. The monoisotopic (exact) mass is 314 g/mol. The lowest BCUT2D eigenvalue weighted by molar-refractivity contribution is 0.0924. The molecule has 120 valence electrons. The molecule has 0 saturated carbocycles. The first-order chi connectivity index (χ1) is 11.0. The molecule has 3 N–H and O–H groups in total. The molecule has 1 aromatic carbocycles. The number of aromatic amines is 1. The van der Waals surface area contributed by atoms with E-state index in [2.05, 4.69) is 20.8 Å². The quantitative estimate of drug-likeness (QED) is 0.701. The van der Waals surface area contributed by atoms with E-state index in [0.29, 0.717) is 12.1 Å². The first-order valence-corrected chi connectivity index (χ1v) is 7.17. The van der Waals surface area contributed by atoms with Crippen LogP contribution in [0.15, 0.2) is 35.1 Å². The van der Waals surface area contributed by atoms with Crippen LogP contribution in [0.2, 0.25) is 0 Å². The Morgan fingerprint density at radius 2 is 1.70 bits per heavy atom. The van der Waals surface area contributed by atoms with Gasteiger partial charge in [-0.05, 0) is 43.2 Å². The van der Waals surface area contributed by atoms with Gasteiger partial charge in [-0.2, -0.15) is 5.10 Å². The normalized spacial score (nSPS) is 10.2. The zero-order valence-corrected chi connectivity index (χ0v) is 13.0. The van der Waals surface area contributed by atoms with E-state index in [-0.39, 0.29) is 23.7 Å². The van der Waals surface area contributed by atoms with Crippen molar-refractivity contribution in [3.05, 3.63) is 63.1 Å². The summed E-state index contributed by atoms with van der Waals surface area (Å²) >= 11 is 0. The number of aryl methyl sites for hydroxylation is 2. The number of H-pyrrole nitrogens is 1. The summed E-state index contributed by atoms with van der Waals surface area (Å²) in [6.07, 6.45) is 0. The highest BCUT2D eigenvalue weighted by Gasteiger charge is 2.08. The average molecular weight is 314 g/mol. The van der Waals surface area contributed by atoms with E-state index < -0.39 is 5.91 Å². The van der Waals surface area contributed by atoms with Gasteiger partial charge in [0.05, 0.1) is 0 Å². The molecule has 1 aromatic heterocycles. The van der Waals surface area contributed by atoms with Crippen LogP contribution in [0.25, 0.3) is 0 Å². The van der Waals surface area contributed by atoms with E-state index >= 15 is 0 Å². The maximum Gasteiger partial charge on any atom is 0.271 e. The Bertz CT molecular complexity index is 763. The number of carbonyl (C=O) groups is 2. The van der Waals surface area contributed by atoms with Gasteiger partial charge >= 0.3 is 0 Å². The second-order valence-corrected chi connectivity index (χ2v) is 5.12. The molecule has 0 spiro atoms. The van der Waals surface area contributed by atoms with Gasteiger partial charge in [-0.25, -0.2) is 5.10 Å². The zero-order valence-electron chi connectivity index (χ0n) is 13.0. The Morgan fingerprint density at radius 1 is 1.00 bits per heavy atom. The van der Waals surface area contributed by atoms with E-state index in [9.17, 15) is 14.4 Å². The number of carbonyl (C=O) groups excluding carboxylic acids is 2. The van der Waals surface area contributed by atoms with Gasteiger partial charge in [0.15, 0.2) is 0 Å². The molecule has 0 unspecified atom stereocenters. The molecular weight excluding hydrogens is 296 g/mol. The fourth-order valence-corrected chi connectivity index (χ4v) is 1.90. The lowest BCUT2D eigenvalue weighted by Crippen LogP contribution is -2.35. The SMILES string of the molecule is Cc1ccc(C(=O)NCCNC(=O)c2ccc(=O)[nH]n2)cc1C. The summed E-state index contributed by atoms with van der Waals surface area (Å²) < 4.78 is 0. The second-order valence-electron chi connectivity index (χ2n) is 5.12. The van der Waals surface area contributed by atoms with Crippen LogP contribution in [0.4, 0.5) is 0 Å². The minimum Gasteiger partial charge on any atom is -0.350 e. The van der Waals surface area contributed by atoms with Crippen LogP contribution in [-0.4, -0.2) is 35.1 Å². The maximum absolute atomic E-state index is 12.0. The molecular formula is C16H18N4O3. The van der Waals surface area contributed by atoms with Crippen molar-refractivity contribution in [3.8, 4) is 0 Å². The highest BCUT2D eigenvalue weighted by Crippen LogP contribution is 2.09. The van der Waals surface area contributed by atoms with Crippen molar-refractivity contribution in [1.82, 2.24) is 20.8 Å². The van der Waals surface area contributed by atoms with E-state index in [1.165, 1.54) is 12.1 Å². The third-order valence-electron chi connectivity index (χ3n) is 3.38. The Kier molecular flexibility index (Phi) is 5.24. The van der Waals surface area contributed by atoms with Crippen LogP contribution in [0.1, 0.15) is 32.0 Å². The van der Waals surface area contributed by atoms with Gasteiger partial charge in [-0.3, -0.25) is 14.4 Å². The second kappa shape index (κ2) is 7.35. The summed E-state index contributed by atoms with van der Waals surface area (Å²) in [5, 5.41) is 11.1. The van der Waals surface area contributed by atoms with Crippen molar-refractivity contribution < 1.29 is 9.59 Å². The highest BCUT2D eigenvalue weighted by molar-refractivity contribution is 5.94. The number of aromatic nitrogens is 2. The number of rotatable bonds is 5. The lowest BCUT2D eigenvalue weighted by atomic mass is 10.1. The summed E-state index contributed by atoms with van der Waals surface area (Å²) in [5.41, 5.74) is 2.51. The van der Waals surface area contributed by atoms with Crippen LogP contribution in [-0.2, 0) is 0 Å². The van der Waals surface area contributed by atoms with Crippen molar-refractivity contribution in [2.24, 2.45) is 0 Å². The molecule has 0 aliphatic heterocycles. The number of nitrogens with one attached hydrogen (secondary N) is 3. The third kappa shape index (κ3) is 4.50. The largest absolute Gasteiger partial charge is 0.350 e. The van der Waals surface area contributed by atoms with Crippen LogP contribution < -0.4 is 16.2 Å². The molecule has 2 amide bonds. The molecule has 0 radical (unpaired) electrons. The number of amides is 2. The molecule has 7 heteroatoms. The van der Waals surface area contributed by atoms with Crippen LogP contribution in [0.3, 0.4) is 0 Å². The summed E-state index contributed by atoms with van der Waals surface area (Å²) in [5.74, 6) is -0.605. The molecule has 0 atom stereocenters. The summed E-state index contributed by atoms with van der Waals surface area (Å²) in [7, 11) is 0. The molecule has 1 heterocycles. The van der Waals surface area contributed by atoms with Gasteiger partial charge in [0.1, 0.15) is 5.69 Å². The number of hydrogen-bond donors (Lipinski definition) is 3. The fourth-order valence-electron chi connectivity index (χ4n) is 1.90. The Hall–Kier alpha value is -2.96. The van der Waals surface area contributed by atoms with E-state index in [0.717, 1.165) is 11.1 Å². The molecule has 2 rings (SSSR count). The van der Waals surface area contributed by atoms with Crippen molar-refractivity contribution in [1.29, 1.82) is 0 Å². The number of nitrogens with zero attached hydrogens (tertiary/aromatic N) is 1. The lowest BCUT2D eigenvalue weighted by Gasteiger charge is -2.08.